The van der Waals surface area contributed by atoms with Crippen LogP contribution in [0.25, 0.3) is 22.1 Å². The number of furan rings is 1. The number of oxazole rings is 1. The molecule has 8 heteroatoms. The van der Waals surface area contributed by atoms with E-state index in [9.17, 15) is 4.79 Å². The Hall–Kier alpha value is -2.41. The maximum absolute atomic E-state index is 11.6. The summed E-state index contributed by atoms with van der Waals surface area (Å²) in [6, 6.07) is 9.28. The van der Waals surface area contributed by atoms with E-state index in [4.69, 9.17) is 32.0 Å². The van der Waals surface area contributed by atoms with Crippen LogP contribution in [0.2, 0.25) is 10.0 Å². The molecule has 0 bridgehead atoms. The van der Waals surface area contributed by atoms with Crippen LogP contribution < -0.4 is 10.7 Å². The standard InChI is InChI=1S/C21H19Cl2N3O3/c22-14-1-2-19-16(9-14)13(12-28-19)3-4-25-5-7-26(8-6-25)18-11-15(23)10-17-20(18)29-21(27)24-17/h1-2,9-12H,3-8H2,(H,24,27). The van der Waals surface area contributed by atoms with Crippen LogP contribution in [0.1, 0.15) is 5.56 Å². The Kier molecular flexibility index (Phi) is 4.78. The number of hydrogen-bond acceptors (Lipinski definition) is 5. The highest BCUT2D eigenvalue weighted by molar-refractivity contribution is 6.32. The SMILES string of the molecule is O=c1[nH]c2cc(Cl)cc(N3CCN(CCc4coc5ccc(Cl)cc45)CC3)c2o1. The molecule has 4 aromatic rings. The number of fused-ring (bicyclic) bond motifs is 2. The van der Waals surface area contributed by atoms with Gasteiger partial charge in [-0.1, -0.05) is 23.2 Å². The number of aromatic nitrogens is 1. The molecule has 1 fully saturated rings. The Balaban J connectivity index is 1.26. The summed E-state index contributed by atoms with van der Waals surface area (Å²) in [5, 5.41) is 2.38. The van der Waals surface area contributed by atoms with Gasteiger partial charge in [-0.05, 0) is 42.3 Å². The molecule has 0 aliphatic carbocycles. The molecule has 0 radical (unpaired) electrons. The number of hydrogen-bond donors (Lipinski definition) is 1. The molecule has 1 saturated heterocycles. The Morgan fingerprint density at radius 2 is 1.86 bits per heavy atom. The second kappa shape index (κ2) is 7.44. The fourth-order valence-corrected chi connectivity index (χ4v) is 4.37. The molecule has 1 N–H and O–H groups in total. The van der Waals surface area contributed by atoms with Gasteiger partial charge in [0.1, 0.15) is 5.58 Å². The summed E-state index contributed by atoms with van der Waals surface area (Å²) in [6.45, 7) is 4.45. The van der Waals surface area contributed by atoms with E-state index in [2.05, 4.69) is 14.8 Å². The van der Waals surface area contributed by atoms with Gasteiger partial charge in [0.2, 0.25) is 0 Å². The van der Waals surface area contributed by atoms with Crippen molar-refractivity contribution in [2.75, 3.05) is 37.6 Å². The average molecular weight is 432 g/mol. The van der Waals surface area contributed by atoms with Crippen molar-refractivity contribution in [1.82, 2.24) is 9.88 Å². The van der Waals surface area contributed by atoms with Crippen LogP contribution in [-0.2, 0) is 6.42 Å². The zero-order valence-corrected chi connectivity index (χ0v) is 17.1. The Bertz CT molecular complexity index is 1240. The van der Waals surface area contributed by atoms with Gasteiger partial charge in [-0.2, -0.15) is 0 Å². The number of anilines is 1. The number of aromatic amines is 1. The van der Waals surface area contributed by atoms with Crippen molar-refractivity contribution < 1.29 is 8.83 Å². The number of benzene rings is 2. The van der Waals surface area contributed by atoms with Crippen molar-refractivity contribution in [1.29, 1.82) is 0 Å². The minimum atomic E-state index is -0.463. The fourth-order valence-electron chi connectivity index (χ4n) is 3.98. The molecule has 0 amide bonds. The first-order valence-corrected chi connectivity index (χ1v) is 10.3. The highest BCUT2D eigenvalue weighted by Crippen LogP contribution is 2.30. The summed E-state index contributed by atoms with van der Waals surface area (Å²) in [6.07, 6.45) is 2.73. The van der Waals surface area contributed by atoms with E-state index in [1.807, 2.05) is 30.5 Å². The van der Waals surface area contributed by atoms with Gasteiger partial charge in [0, 0.05) is 48.2 Å². The number of nitrogens with one attached hydrogen (secondary N) is 1. The van der Waals surface area contributed by atoms with E-state index >= 15 is 0 Å². The van der Waals surface area contributed by atoms with Crippen molar-refractivity contribution in [3.8, 4) is 0 Å². The number of H-pyrrole nitrogens is 1. The largest absolute Gasteiger partial charge is 0.464 e. The maximum Gasteiger partial charge on any atom is 0.417 e. The van der Waals surface area contributed by atoms with Crippen molar-refractivity contribution in [3.05, 3.63) is 62.8 Å². The topological polar surface area (TPSA) is 65.6 Å². The normalized spacial score (nSPS) is 15.6. The van der Waals surface area contributed by atoms with Crippen molar-refractivity contribution in [3.63, 3.8) is 0 Å². The van der Waals surface area contributed by atoms with Gasteiger partial charge in [0.25, 0.3) is 0 Å². The average Bonchev–Trinajstić information content (AvgIpc) is 3.28. The van der Waals surface area contributed by atoms with E-state index in [1.165, 1.54) is 5.56 Å². The molecule has 0 saturated carbocycles. The highest BCUT2D eigenvalue weighted by atomic mass is 35.5. The molecule has 0 spiro atoms. The molecule has 0 unspecified atom stereocenters. The molecule has 2 aromatic heterocycles. The zero-order valence-electron chi connectivity index (χ0n) is 15.6. The lowest BCUT2D eigenvalue weighted by atomic mass is 10.1. The third kappa shape index (κ3) is 3.64. The predicted octanol–water partition coefficient (Wildman–Crippen LogP) is 4.54. The minimum absolute atomic E-state index is 0.463. The molecule has 29 heavy (non-hydrogen) atoms. The van der Waals surface area contributed by atoms with Crippen LogP contribution in [-0.4, -0.2) is 42.6 Å². The third-order valence-corrected chi connectivity index (χ3v) is 5.94. The monoisotopic (exact) mass is 431 g/mol. The quantitative estimate of drug-likeness (QED) is 0.513. The van der Waals surface area contributed by atoms with Crippen molar-refractivity contribution >= 4 is 51.0 Å². The van der Waals surface area contributed by atoms with E-state index in [1.54, 1.807) is 6.07 Å². The lowest BCUT2D eigenvalue weighted by Crippen LogP contribution is -2.47. The van der Waals surface area contributed by atoms with E-state index in [0.717, 1.165) is 60.8 Å². The van der Waals surface area contributed by atoms with Gasteiger partial charge in [0.05, 0.1) is 17.5 Å². The summed E-state index contributed by atoms with van der Waals surface area (Å²) >= 11 is 12.4. The van der Waals surface area contributed by atoms with Gasteiger partial charge in [-0.3, -0.25) is 9.88 Å². The van der Waals surface area contributed by atoms with Gasteiger partial charge in [-0.25, -0.2) is 4.79 Å². The van der Waals surface area contributed by atoms with E-state index < -0.39 is 5.76 Å². The first-order chi connectivity index (χ1) is 14.1. The lowest BCUT2D eigenvalue weighted by Gasteiger charge is -2.36. The van der Waals surface area contributed by atoms with Gasteiger partial charge in [0.15, 0.2) is 5.58 Å². The molecule has 2 aromatic carbocycles. The molecule has 1 aliphatic rings. The Morgan fingerprint density at radius 1 is 1.03 bits per heavy atom. The second-order valence-electron chi connectivity index (χ2n) is 7.30. The summed E-state index contributed by atoms with van der Waals surface area (Å²) in [4.78, 5) is 18.9. The molecule has 3 heterocycles. The maximum atomic E-state index is 11.6. The molecule has 5 rings (SSSR count). The van der Waals surface area contributed by atoms with E-state index in [-0.39, 0.29) is 0 Å². The summed E-state index contributed by atoms with van der Waals surface area (Å²) < 4.78 is 11.0. The molecule has 150 valence electrons. The van der Waals surface area contributed by atoms with Crippen LogP contribution in [0.4, 0.5) is 5.69 Å². The fraction of sp³-hybridized carbons (Fsp3) is 0.286. The van der Waals surface area contributed by atoms with Crippen LogP contribution in [0, 0.1) is 0 Å². The molecular formula is C21H19Cl2N3O3. The summed E-state index contributed by atoms with van der Waals surface area (Å²) in [7, 11) is 0. The first kappa shape index (κ1) is 18.6. The van der Waals surface area contributed by atoms with Crippen LogP contribution in [0.5, 0.6) is 0 Å². The Labute approximate surface area is 176 Å². The molecule has 6 nitrogen and oxygen atoms in total. The minimum Gasteiger partial charge on any atom is -0.464 e. The van der Waals surface area contributed by atoms with Crippen LogP contribution >= 0.6 is 23.2 Å². The van der Waals surface area contributed by atoms with Gasteiger partial charge < -0.3 is 13.7 Å². The predicted molar refractivity (Wildman–Crippen MR) is 115 cm³/mol. The smallest absolute Gasteiger partial charge is 0.417 e. The summed E-state index contributed by atoms with van der Waals surface area (Å²) in [5.41, 5.74) is 4.10. The lowest BCUT2D eigenvalue weighted by molar-refractivity contribution is 0.261. The van der Waals surface area contributed by atoms with Crippen LogP contribution in [0.3, 0.4) is 0 Å². The molecule has 1 aliphatic heterocycles. The number of halogens is 2. The zero-order chi connectivity index (χ0) is 20.0. The Morgan fingerprint density at radius 3 is 2.69 bits per heavy atom. The summed E-state index contributed by atoms with van der Waals surface area (Å²) in [5.74, 6) is -0.463. The number of piperazine rings is 1. The number of rotatable bonds is 4. The van der Waals surface area contributed by atoms with Crippen molar-refractivity contribution in [2.24, 2.45) is 0 Å². The second-order valence-corrected chi connectivity index (χ2v) is 8.17. The van der Waals surface area contributed by atoms with Gasteiger partial charge >= 0.3 is 5.76 Å². The molecule has 0 atom stereocenters. The van der Waals surface area contributed by atoms with E-state index in [0.29, 0.717) is 16.1 Å². The van der Waals surface area contributed by atoms with Crippen molar-refractivity contribution in [2.45, 2.75) is 6.42 Å². The highest BCUT2D eigenvalue weighted by Gasteiger charge is 2.21. The van der Waals surface area contributed by atoms with Crippen LogP contribution in [0.15, 0.2) is 50.2 Å². The third-order valence-electron chi connectivity index (χ3n) is 5.49. The first-order valence-electron chi connectivity index (χ1n) is 9.52. The number of nitrogens with zero attached hydrogens (tertiary/aromatic N) is 2. The van der Waals surface area contributed by atoms with Gasteiger partial charge in [-0.15, -0.1) is 0 Å². The molecular weight excluding hydrogens is 413 g/mol.